The number of hydrogen-bond donors (Lipinski definition) is 4. The zero-order valence-electron chi connectivity index (χ0n) is 26.1. The van der Waals surface area contributed by atoms with Gasteiger partial charge in [0.15, 0.2) is 0 Å². The molecule has 0 saturated carbocycles. The Kier molecular flexibility index (Phi) is 17.8. The van der Waals surface area contributed by atoms with Crippen LogP contribution in [0.5, 0.6) is 0 Å². The van der Waals surface area contributed by atoms with E-state index in [9.17, 15) is 33.6 Å². The first-order valence-corrected chi connectivity index (χ1v) is 16.8. The summed E-state index contributed by atoms with van der Waals surface area (Å²) in [5, 5.41) is 7.92. The molecular weight excluding hydrogens is 641 g/mol. The molecule has 2 saturated heterocycles. The van der Waals surface area contributed by atoms with Crippen LogP contribution in [-0.4, -0.2) is 53.5 Å². The summed E-state index contributed by atoms with van der Waals surface area (Å²) in [7, 11) is 0. The van der Waals surface area contributed by atoms with Gasteiger partial charge in [0.25, 0.3) is 11.8 Å². The maximum absolute atomic E-state index is 11.7. The largest absolute Gasteiger partial charge is 0.328 e. The molecule has 0 spiro atoms. The highest BCUT2D eigenvalue weighted by molar-refractivity contribution is 8.08. The fourth-order valence-electron chi connectivity index (χ4n) is 3.62. The molecule has 2 fully saturated rings. The number of amides is 8. The van der Waals surface area contributed by atoms with Crippen LogP contribution in [0.25, 0.3) is 4.91 Å². The van der Waals surface area contributed by atoms with Gasteiger partial charge < -0.3 is 0 Å². The van der Waals surface area contributed by atoms with Gasteiger partial charge in [0.05, 0.1) is 16.6 Å². The summed E-state index contributed by atoms with van der Waals surface area (Å²) in [5.74, 6) is -0.447. The van der Waals surface area contributed by atoms with Crippen molar-refractivity contribution in [3.8, 4) is 0 Å². The third kappa shape index (κ3) is 14.9. The number of aldehydes is 1. The Labute approximate surface area is 282 Å². The number of imide groups is 4. The molecule has 2 aliphatic heterocycles. The number of benzene rings is 1. The summed E-state index contributed by atoms with van der Waals surface area (Å²) in [4.78, 5) is 77.8. The molecule has 1 aromatic rings. The first kappa shape index (κ1) is 38.3. The minimum atomic E-state index is -0.790. The lowest BCUT2D eigenvalue weighted by atomic mass is 10.1. The molecular formula is C34H37N4O7S2+. The molecule has 2 heterocycles. The number of urea groups is 2. The van der Waals surface area contributed by atoms with Crippen molar-refractivity contribution in [1.82, 2.24) is 21.3 Å². The molecule has 13 heteroatoms. The quantitative estimate of drug-likeness (QED) is 0.0591. The van der Waals surface area contributed by atoms with E-state index in [0.29, 0.717) is 0 Å². The monoisotopic (exact) mass is 677 g/mol. The summed E-state index contributed by atoms with van der Waals surface area (Å²) < 4.78 is 0. The highest BCUT2D eigenvalue weighted by Gasteiger charge is 2.27. The molecule has 0 unspecified atom stereocenters. The van der Waals surface area contributed by atoms with Crippen LogP contribution >= 0.6 is 23.5 Å². The maximum Gasteiger partial charge on any atom is 0.328 e. The van der Waals surface area contributed by atoms with Crippen molar-refractivity contribution in [3.05, 3.63) is 101 Å². The second-order valence-corrected chi connectivity index (χ2v) is 12.0. The molecule has 0 aromatic heterocycles. The first-order valence-electron chi connectivity index (χ1n) is 14.8. The van der Waals surface area contributed by atoms with Crippen molar-refractivity contribution in [2.75, 3.05) is 11.5 Å². The fraction of sp³-hybridized carbons (Fsp3) is 0.265. The molecule has 0 radical (unpaired) electrons. The fourth-order valence-corrected chi connectivity index (χ4v) is 5.84. The van der Waals surface area contributed by atoms with E-state index in [2.05, 4.69) is 30.6 Å². The second kappa shape index (κ2) is 21.8. The lowest BCUT2D eigenvalue weighted by molar-refractivity contribution is -0.130. The molecule has 1 aliphatic carbocycles. The van der Waals surface area contributed by atoms with E-state index in [1.165, 1.54) is 18.9 Å². The topological polar surface area (TPSA) is 168 Å². The number of unbranched alkanes of at least 4 members (excludes halogenated alkanes) is 2. The van der Waals surface area contributed by atoms with Gasteiger partial charge in [-0.15, -0.1) is 23.5 Å². The third-order valence-electron chi connectivity index (χ3n) is 5.95. The van der Waals surface area contributed by atoms with Crippen molar-refractivity contribution in [1.29, 1.82) is 0 Å². The van der Waals surface area contributed by atoms with Crippen LogP contribution in [0.3, 0.4) is 0 Å². The highest BCUT2D eigenvalue weighted by atomic mass is 32.2. The lowest BCUT2D eigenvalue weighted by Crippen LogP contribution is -2.51. The Hall–Kier alpha value is -4.84. The van der Waals surface area contributed by atoms with E-state index in [0.717, 1.165) is 51.6 Å². The highest BCUT2D eigenvalue weighted by Crippen LogP contribution is 2.29. The number of rotatable bonds is 12. The standard InChI is InChI=1S/C17H18N2O3S.C13H15OS.C4H4N2O3/c1-2-3-11-23-14(12-7-5-4-6-8-12)10-9-13-15(20)18-17(22)19-16(13)21;1-2-3-11-15-13(9-10-14)12-7-5-4-6-8-12;7-2-1-3(8)6-4(9)5-2/h4-10H,2-3,11H2,1H3,(H2,18,19,20,21,22);4-5,7-10H,2-3,11H2,1H3;1H2,(H2,5,6,7,8,9)/q;+1;/b14-10-;13-9-;. The van der Waals surface area contributed by atoms with E-state index >= 15 is 0 Å². The number of carbonyl (C=O) groups is 7. The normalized spacial score (nSPS) is 15.8. The predicted octanol–water partition coefficient (Wildman–Crippen LogP) is 5.05. The summed E-state index contributed by atoms with van der Waals surface area (Å²) in [6.45, 7) is 4.29. The minimum Gasteiger partial charge on any atom is -0.298 e. The molecule has 4 rings (SSSR count). The van der Waals surface area contributed by atoms with Crippen LogP contribution in [0.4, 0.5) is 9.59 Å². The van der Waals surface area contributed by atoms with Crippen LogP contribution < -0.4 is 21.3 Å². The molecule has 246 valence electrons. The minimum absolute atomic E-state index is 0.0749. The molecule has 11 nitrogen and oxygen atoms in total. The number of nitrogens with one attached hydrogen (secondary N) is 4. The van der Waals surface area contributed by atoms with E-state index in [4.69, 9.17) is 0 Å². The van der Waals surface area contributed by atoms with Crippen molar-refractivity contribution in [3.63, 3.8) is 0 Å². The zero-order chi connectivity index (χ0) is 34.4. The Morgan fingerprint density at radius 3 is 1.87 bits per heavy atom. The molecule has 0 bridgehead atoms. The average molecular weight is 678 g/mol. The van der Waals surface area contributed by atoms with Crippen molar-refractivity contribution in [2.45, 2.75) is 46.0 Å². The van der Waals surface area contributed by atoms with Gasteiger partial charge >= 0.3 is 12.1 Å². The van der Waals surface area contributed by atoms with E-state index in [-0.39, 0.29) is 12.0 Å². The van der Waals surface area contributed by atoms with Gasteiger partial charge in [0.1, 0.15) is 30.4 Å². The van der Waals surface area contributed by atoms with Gasteiger partial charge in [-0.2, -0.15) is 0 Å². The van der Waals surface area contributed by atoms with Crippen LogP contribution in [-0.2, 0) is 24.0 Å². The summed E-state index contributed by atoms with van der Waals surface area (Å²) in [6, 6.07) is 8.24. The van der Waals surface area contributed by atoms with E-state index in [1.54, 1.807) is 35.7 Å². The number of carbonyl (C=O) groups excluding carboxylic acids is 7. The van der Waals surface area contributed by atoms with Crippen LogP contribution in [0.1, 0.15) is 51.5 Å². The average Bonchev–Trinajstić information content (AvgIpc) is 3.04. The Balaban J connectivity index is 0.000000273. The molecule has 47 heavy (non-hydrogen) atoms. The van der Waals surface area contributed by atoms with Gasteiger partial charge in [-0.25, -0.2) is 9.59 Å². The van der Waals surface area contributed by atoms with Crippen molar-refractivity contribution in [2.24, 2.45) is 0 Å². The number of thioether (sulfide) groups is 2. The Bertz CT molecular complexity index is 1440. The van der Waals surface area contributed by atoms with Crippen molar-refractivity contribution < 1.29 is 33.6 Å². The van der Waals surface area contributed by atoms with Gasteiger partial charge in [0, 0.05) is 23.1 Å². The molecule has 0 atom stereocenters. The molecule has 1 aromatic carbocycles. The van der Waals surface area contributed by atoms with E-state index < -0.39 is 35.7 Å². The summed E-state index contributed by atoms with van der Waals surface area (Å²) in [5.41, 5.74) is 2.03. The lowest BCUT2D eigenvalue weighted by Gasteiger charge is -2.13. The number of barbiturate groups is 2. The summed E-state index contributed by atoms with van der Waals surface area (Å²) in [6.07, 6.45) is 20.7. The second-order valence-electron chi connectivity index (χ2n) is 9.68. The van der Waals surface area contributed by atoms with Gasteiger partial charge in [-0.1, -0.05) is 57.0 Å². The predicted molar refractivity (Wildman–Crippen MR) is 184 cm³/mol. The summed E-state index contributed by atoms with van der Waals surface area (Å²) >= 11 is 3.41. The van der Waals surface area contributed by atoms with Crippen LogP contribution in [0, 0.1) is 6.08 Å². The van der Waals surface area contributed by atoms with Gasteiger partial charge in [0.2, 0.25) is 11.8 Å². The van der Waals surface area contributed by atoms with Crippen LogP contribution in [0.2, 0.25) is 0 Å². The van der Waals surface area contributed by atoms with E-state index in [1.807, 2.05) is 65.3 Å². The first-order chi connectivity index (χ1) is 22.7. The number of allylic oxidation sites excluding steroid dienone is 9. The number of hydrogen-bond acceptors (Lipinski definition) is 9. The van der Waals surface area contributed by atoms with Gasteiger partial charge in [-0.05, 0) is 42.1 Å². The van der Waals surface area contributed by atoms with Gasteiger partial charge in [-0.3, -0.25) is 45.2 Å². The Morgan fingerprint density at radius 2 is 1.36 bits per heavy atom. The molecule has 3 aliphatic rings. The smallest absolute Gasteiger partial charge is 0.298 e. The van der Waals surface area contributed by atoms with Crippen molar-refractivity contribution >= 4 is 70.4 Å². The third-order valence-corrected chi connectivity index (χ3v) is 8.30. The maximum atomic E-state index is 11.7. The zero-order valence-corrected chi connectivity index (χ0v) is 27.8. The van der Waals surface area contributed by atoms with Crippen LogP contribution in [0.15, 0.2) is 88.9 Å². The SMILES string of the molecule is CCCCS/C(=C\C=C1C(=O)NC(=O)NC1=O)c1ccccc1.CCCCS/C(=C\C=O)C1=CC=C[C+]=C1.O=C1CC(=O)NC(=O)N1. The Morgan fingerprint density at radius 1 is 0.787 bits per heavy atom. The molecule has 4 N–H and O–H groups in total. The molecule has 8 amide bonds.